The third-order valence-electron chi connectivity index (χ3n) is 5.73. The van der Waals surface area contributed by atoms with E-state index in [9.17, 15) is 14.9 Å². The number of hydrogen-bond acceptors (Lipinski definition) is 5. The predicted molar refractivity (Wildman–Crippen MR) is 101 cm³/mol. The van der Waals surface area contributed by atoms with E-state index in [0.29, 0.717) is 17.5 Å². The average Bonchev–Trinajstić information content (AvgIpc) is 3.15. The zero-order valence-corrected chi connectivity index (χ0v) is 15.6. The van der Waals surface area contributed by atoms with E-state index in [1.807, 2.05) is 0 Å². The van der Waals surface area contributed by atoms with Gasteiger partial charge in [-0.15, -0.1) is 0 Å². The zero-order valence-electron chi connectivity index (χ0n) is 14.9. The second-order valence-corrected chi connectivity index (χ2v) is 7.63. The molecule has 1 amide bonds. The Hall–Kier alpha value is -2.38. The van der Waals surface area contributed by atoms with Crippen LogP contribution >= 0.6 is 11.6 Å². The average molecular weight is 390 g/mol. The fraction of sp³-hybridized carbons (Fsp3) is 0.421. The molecular formula is C19H20ClN3O4. The number of rotatable bonds is 4. The molecule has 27 heavy (non-hydrogen) atoms. The summed E-state index contributed by atoms with van der Waals surface area (Å²) >= 11 is 5.85. The van der Waals surface area contributed by atoms with Crippen molar-refractivity contribution in [3.05, 3.63) is 51.2 Å². The van der Waals surface area contributed by atoms with Crippen molar-refractivity contribution in [3.8, 4) is 11.3 Å². The number of halogens is 1. The molecular weight excluding hydrogens is 370 g/mol. The standard InChI is InChI=1S/C19H20ClN3O4/c1-11-18(12-6-8-22(11)9-7-12)21-19(24)17-5-4-16(27-17)14-3-2-13(20)10-15(14)23(25)26/h2-5,10-12,18H,6-9H2,1H3,(H,21,24)/t11-,18-/m0/s1. The van der Waals surface area contributed by atoms with Crippen LogP contribution in [0.3, 0.4) is 0 Å². The molecule has 3 aliphatic rings. The number of piperidine rings is 3. The molecule has 8 heteroatoms. The lowest BCUT2D eigenvalue weighted by atomic mass is 9.79. The number of nitro benzene ring substituents is 1. The molecule has 0 aliphatic carbocycles. The fourth-order valence-electron chi connectivity index (χ4n) is 4.24. The van der Waals surface area contributed by atoms with E-state index in [1.54, 1.807) is 18.2 Å². The van der Waals surface area contributed by atoms with Crippen molar-refractivity contribution in [3.63, 3.8) is 0 Å². The van der Waals surface area contributed by atoms with Gasteiger partial charge >= 0.3 is 0 Å². The maximum atomic E-state index is 12.7. The lowest BCUT2D eigenvalue weighted by Crippen LogP contribution is -2.62. The number of benzene rings is 1. The van der Waals surface area contributed by atoms with Crippen LogP contribution in [0, 0.1) is 16.0 Å². The van der Waals surface area contributed by atoms with E-state index < -0.39 is 4.92 Å². The van der Waals surface area contributed by atoms with Gasteiger partial charge in [-0.05, 0) is 63.0 Å². The van der Waals surface area contributed by atoms with Crippen LogP contribution in [0.15, 0.2) is 34.7 Å². The summed E-state index contributed by atoms with van der Waals surface area (Å²) < 4.78 is 5.65. The minimum atomic E-state index is -0.516. The fourth-order valence-corrected chi connectivity index (χ4v) is 4.40. The van der Waals surface area contributed by atoms with Gasteiger partial charge in [0, 0.05) is 23.2 Å². The molecule has 3 saturated heterocycles. The first-order valence-corrected chi connectivity index (χ1v) is 9.41. The zero-order chi connectivity index (χ0) is 19.1. The Bertz CT molecular complexity index is 887. The number of nitro groups is 1. The quantitative estimate of drug-likeness (QED) is 0.635. The molecule has 142 valence electrons. The minimum absolute atomic E-state index is 0.0958. The van der Waals surface area contributed by atoms with Gasteiger partial charge in [0.1, 0.15) is 5.76 Å². The van der Waals surface area contributed by atoms with Crippen LogP contribution in [0.4, 0.5) is 5.69 Å². The van der Waals surface area contributed by atoms with Gasteiger partial charge in [0.05, 0.1) is 10.5 Å². The predicted octanol–water partition coefficient (Wildman–Crippen LogP) is 3.72. The van der Waals surface area contributed by atoms with Crippen LogP contribution in [0.25, 0.3) is 11.3 Å². The van der Waals surface area contributed by atoms with Crippen LogP contribution in [0.5, 0.6) is 0 Å². The Morgan fingerprint density at radius 2 is 2.04 bits per heavy atom. The molecule has 3 fully saturated rings. The van der Waals surface area contributed by atoms with E-state index in [2.05, 4.69) is 17.1 Å². The largest absolute Gasteiger partial charge is 0.451 e. The Morgan fingerprint density at radius 1 is 1.30 bits per heavy atom. The number of furan rings is 1. The van der Waals surface area contributed by atoms with Crippen LogP contribution < -0.4 is 5.32 Å². The van der Waals surface area contributed by atoms with Crippen LogP contribution in [0.1, 0.15) is 30.3 Å². The smallest absolute Gasteiger partial charge is 0.287 e. The summed E-state index contributed by atoms with van der Waals surface area (Å²) in [5, 5.41) is 14.6. The Balaban J connectivity index is 1.55. The molecule has 0 unspecified atom stereocenters. The van der Waals surface area contributed by atoms with Crippen molar-refractivity contribution >= 4 is 23.2 Å². The molecule has 0 spiro atoms. The Kier molecular flexibility index (Phi) is 4.65. The monoisotopic (exact) mass is 389 g/mol. The molecule has 2 bridgehead atoms. The van der Waals surface area contributed by atoms with Gasteiger partial charge in [-0.2, -0.15) is 0 Å². The van der Waals surface area contributed by atoms with Crippen molar-refractivity contribution in [1.82, 2.24) is 10.2 Å². The van der Waals surface area contributed by atoms with Crippen LogP contribution in [-0.4, -0.2) is 40.9 Å². The van der Waals surface area contributed by atoms with Gasteiger partial charge in [0.15, 0.2) is 5.76 Å². The lowest BCUT2D eigenvalue weighted by molar-refractivity contribution is -0.384. The number of carbonyl (C=O) groups is 1. The summed E-state index contributed by atoms with van der Waals surface area (Å²) in [5.41, 5.74) is 0.134. The molecule has 2 atom stereocenters. The summed E-state index contributed by atoms with van der Waals surface area (Å²) in [6.45, 7) is 4.31. The van der Waals surface area contributed by atoms with Gasteiger partial charge in [-0.3, -0.25) is 19.8 Å². The lowest BCUT2D eigenvalue weighted by Gasteiger charge is -2.49. The Labute approximate surface area is 161 Å². The van der Waals surface area contributed by atoms with E-state index >= 15 is 0 Å². The van der Waals surface area contributed by atoms with Crippen LogP contribution in [-0.2, 0) is 0 Å². The maximum absolute atomic E-state index is 12.7. The highest BCUT2D eigenvalue weighted by atomic mass is 35.5. The number of amides is 1. The summed E-state index contributed by atoms with van der Waals surface area (Å²) in [7, 11) is 0. The first-order chi connectivity index (χ1) is 12.9. The van der Waals surface area contributed by atoms with E-state index in [1.165, 1.54) is 12.1 Å². The van der Waals surface area contributed by atoms with Gasteiger partial charge in [-0.25, -0.2) is 0 Å². The van der Waals surface area contributed by atoms with Gasteiger partial charge < -0.3 is 9.73 Å². The Morgan fingerprint density at radius 3 is 2.70 bits per heavy atom. The number of nitrogens with zero attached hydrogens (tertiary/aromatic N) is 2. The van der Waals surface area contributed by atoms with E-state index in [0.717, 1.165) is 25.9 Å². The maximum Gasteiger partial charge on any atom is 0.287 e. The SMILES string of the molecule is C[C@H]1[C@H](NC(=O)c2ccc(-c3ccc(Cl)cc3[N+](=O)[O-])o2)C2CCN1CC2. The summed E-state index contributed by atoms with van der Waals surface area (Å²) in [6.07, 6.45) is 2.19. The van der Waals surface area contributed by atoms with E-state index in [-0.39, 0.29) is 34.2 Å². The molecule has 1 aromatic carbocycles. The molecule has 1 aromatic heterocycles. The summed E-state index contributed by atoms with van der Waals surface area (Å²) in [4.78, 5) is 25.8. The van der Waals surface area contributed by atoms with E-state index in [4.69, 9.17) is 16.0 Å². The highest BCUT2D eigenvalue weighted by Crippen LogP contribution is 2.34. The molecule has 0 radical (unpaired) electrons. The first-order valence-electron chi connectivity index (χ1n) is 9.03. The minimum Gasteiger partial charge on any atom is -0.451 e. The van der Waals surface area contributed by atoms with Crippen molar-refractivity contribution in [2.24, 2.45) is 5.92 Å². The summed E-state index contributed by atoms with van der Waals surface area (Å²) in [6, 6.07) is 7.87. The number of carbonyl (C=O) groups excluding carboxylic acids is 1. The van der Waals surface area contributed by atoms with Crippen molar-refractivity contribution < 1.29 is 14.1 Å². The molecule has 0 saturated carbocycles. The molecule has 2 aromatic rings. The van der Waals surface area contributed by atoms with Crippen molar-refractivity contribution in [2.75, 3.05) is 13.1 Å². The van der Waals surface area contributed by atoms with Crippen molar-refractivity contribution in [2.45, 2.75) is 31.8 Å². The normalized spacial score (nSPS) is 26.7. The number of nitrogens with one attached hydrogen (secondary N) is 1. The number of hydrogen-bond donors (Lipinski definition) is 1. The van der Waals surface area contributed by atoms with Crippen molar-refractivity contribution in [1.29, 1.82) is 0 Å². The molecule has 1 N–H and O–H groups in total. The first kappa shape index (κ1) is 18.0. The third kappa shape index (κ3) is 3.33. The van der Waals surface area contributed by atoms with Gasteiger partial charge in [0.25, 0.3) is 11.6 Å². The topological polar surface area (TPSA) is 88.6 Å². The van der Waals surface area contributed by atoms with Crippen LogP contribution in [0.2, 0.25) is 5.02 Å². The molecule has 3 aliphatic heterocycles. The highest BCUT2D eigenvalue weighted by molar-refractivity contribution is 6.30. The number of fused-ring (bicyclic) bond motifs is 3. The molecule has 5 rings (SSSR count). The van der Waals surface area contributed by atoms with Gasteiger partial charge in [-0.1, -0.05) is 11.6 Å². The second kappa shape index (κ2) is 6.98. The summed E-state index contributed by atoms with van der Waals surface area (Å²) in [5.74, 6) is 0.618. The molecule has 7 nitrogen and oxygen atoms in total. The second-order valence-electron chi connectivity index (χ2n) is 7.20. The third-order valence-corrected chi connectivity index (χ3v) is 5.96. The highest BCUT2D eigenvalue weighted by Gasteiger charge is 2.40. The molecule has 4 heterocycles. The van der Waals surface area contributed by atoms with Gasteiger partial charge in [0.2, 0.25) is 0 Å².